The van der Waals surface area contributed by atoms with Gasteiger partial charge in [-0.3, -0.25) is 0 Å². The number of carbonyl (C=O) groups excluding carboxylic acids is 1. The van der Waals surface area contributed by atoms with E-state index in [0.717, 1.165) is 26.9 Å². The van der Waals surface area contributed by atoms with Gasteiger partial charge in [0.05, 0.1) is 17.9 Å². The average Bonchev–Trinajstić information content (AvgIpc) is 3.01. The molecule has 120 valence electrons. The zero-order valence-corrected chi connectivity index (χ0v) is 14.0. The molecule has 6 nitrogen and oxygen atoms in total. The molecule has 2 heterocycles. The zero-order valence-electron chi connectivity index (χ0n) is 13.2. The molecule has 1 aromatic carbocycles. The van der Waals surface area contributed by atoms with Gasteiger partial charge in [0.1, 0.15) is 17.3 Å². The fraction of sp³-hybridized carbons (Fsp3) is 0.312. The van der Waals surface area contributed by atoms with Gasteiger partial charge in [0.25, 0.3) is 0 Å². The third kappa shape index (κ3) is 3.25. The highest BCUT2D eigenvalue weighted by Gasteiger charge is 2.15. The molecule has 0 atom stereocenters. The van der Waals surface area contributed by atoms with Gasteiger partial charge in [-0.15, -0.1) is 0 Å². The average molecular weight is 331 g/mol. The fourth-order valence-electron chi connectivity index (χ4n) is 2.27. The third-order valence-electron chi connectivity index (χ3n) is 3.44. The number of fused-ring (bicyclic) bond motifs is 1. The van der Waals surface area contributed by atoms with Crippen molar-refractivity contribution in [2.75, 3.05) is 7.11 Å². The van der Waals surface area contributed by atoms with E-state index in [1.165, 1.54) is 11.3 Å². The molecular weight excluding hydrogens is 314 g/mol. The predicted octanol–water partition coefficient (Wildman–Crippen LogP) is 2.91. The Morgan fingerprint density at radius 2 is 1.96 bits per heavy atom. The number of rotatable bonds is 5. The van der Waals surface area contributed by atoms with E-state index < -0.39 is 0 Å². The SMILES string of the molecule is COCc1ccc(C(=O)OCc2c(C)nc3sc(C)nn23)cc1. The summed E-state index contributed by atoms with van der Waals surface area (Å²) in [6.07, 6.45) is 0. The highest BCUT2D eigenvalue weighted by atomic mass is 32.1. The van der Waals surface area contributed by atoms with Crippen LogP contribution in [0.1, 0.15) is 32.3 Å². The lowest BCUT2D eigenvalue weighted by Gasteiger charge is -2.06. The largest absolute Gasteiger partial charge is 0.456 e. The van der Waals surface area contributed by atoms with Crippen LogP contribution < -0.4 is 0 Å². The van der Waals surface area contributed by atoms with Crippen LogP contribution in [-0.4, -0.2) is 27.7 Å². The number of esters is 1. The molecule has 0 saturated heterocycles. The maximum absolute atomic E-state index is 12.2. The molecule has 0 radical (unpaired) electrons. The Kier molecular flexibility index (Phi) is 4.40. The minimum atomic E-state index is -0.365. The lowest BCUT2D eigenvalue weighted by atomic mass is 10.1. The summed E-state index contributed by atoms with van der Waals surface area (Å²) >= 11 is 1.51. The van der Waals surface area contributed by atoms with E-state index in [1.807, 2.05) is 26.0 Å². The van der Waals surface area contributed by atoms with Crippen molar-refractivity contribution in [1.29, 1.82) is 0 Å². The number of imidazole rings is 1. The summed E-state index contributed by atoms with van der Waals surface area (Å²) in [6, 6.07) is 7.18. The van der Waals surface area contributed by atoms with Crippen molar-refractivity contribution in [2.24, 2.45) is 0 Å². The van der Waals surface area contributed by atoms with Gasteiger partial charge in [-0.2, -0.15) is 5.10 Å². The molecule has 0 bridgehead atoms. The topological polar surface area (TPSA) is 65.7 Å². The Balaban J connectivity index is 1.71. The van der Waals surface area contributed by atoms with Crippen molar-refractivity contribution in [3.05, 3.63) is 51.8 Å². The van der Waals surface area contributed by atoms with E-state index in [1.54, 1.807) is 23.8 Å². The summed E-state index contributed by atoms with van der Waals surface area (Å²) in [5.74, 6) is -0.365. The Bertz CT molecular complexity index is 836. The van der Waals surface area contributed by atoms with Crippen LogP contribution in [0, 0.1) is 13.8 Å². The van der Waals surface area contributed by atoms with E-state index in [0.29, 0.717) is 12.2 Å². The van der Waals surface area contributed by atoms with Crippen LogP contribution in [0.2, 0.25) is 0 Å². The quantitative estimate of drug-likeness (QED) is 0.673. The van der Waals surface area contributed by atoms with Crippen LogP contribution in [0.3, 0.4) is 0 Å². The molecule has 7 heteroatoms. The number of nitrogens with zero attached hydrogens (tertiary/aromatic N) is 3. The van der Waals surface area contributed by atoms with Crippen LogP contribution >= 0.6 is 11.3 Å². The monoisotopic (exact) mass is 331 g/mol. The molecule has 0 saturated carbocycles. The third-order valence-corrected chi connectivity index (χ3v) is 4.26. The van der Waals surface area contributed by atoms with E-state index in [9.17, 15) is 4.79 Å². The molecule has 0 spiro atoms. The summed E-state index contributed by atoms with van der Waals surface area (Å²) in [7, 11) is 1.64. The van der Waals surface area contributed by atoms with Gasteiger partial charge in [-0.05, 0) is 31.5 Å². The molecule has 3 rings (SSSR count). The standard InChI is InChI=1S/C16H17N3O3S/c1-10-14(19-16(17-10)23-11(2)18-19)9-22-15(20)13-6-4-12(5-7-13)8-21-3/h4-7H,8-9H2,1-3H3. The van der Waals surface area contributed by atoms with Crippen LogP contribution in [0.15, 0.2) is 24.3 Å². The Morgan fingerprint density at radius 3 is 2.65 bits per heavy atom. The van der Waals surface area contributed by atoms with Crippen molar-refractivity contribution in [2.45, 2.75) is 27.1 Å². The maximum Gasteiger partial charge on any atom is 0.338 e. The van der Waals surface area contributed by atoms with Gasteiger partial charge in [-0.1, -0.05) is 23.5 Å². The van der Waals surface area contributed by atoms with Gasteiger partial charge < -0.3 is 9.47 Å². The number of aromatic nitrogens is 3. The van der Waals surface area contributed by atoms with Crippen molar-refractivity contribution in [3.63, 3.8) is 0 Å². The lowest BCUT2D eigenvalue weighted by molar-refractivity contribution is 0.0465. The molecule has 0 aliphatic carbocycles. The van der Waals surface area contributed by atoms with Gasteiger partial charge in [0, 0.05) is 7.11 Å². The summed E-state index contributed by atoms with van der Waals surface area (Å²) in [4.78, 5) is 17.4. The fourth-order valence-corrected chi connectivity index (χ4v) is 3.08. The zero-order chi connectivity index (χ0) is 16.4. The van der Waals surface area contributed by atoms with Crippen molar-refractivity contribution >= 4 is 22.3 Å². The summed E-state index contributed by atoms with van der Waals surface area (Å²) < 4.78 is 12.2. The van der Waals surface area contributed by atoms with E-state index in [4.69, 9.17) is 9.47 Å². The molecule has 0 unspecified atom stereocenters. The van der Waals surface area contributed by atoms with Crippen LogP contribution in [0.4, 0.5) is 0 Å². The summed E-state index contributed by atoms with van der Waals surface area (Å²) in [5, 5.41) is 5.31. The molecule has 2 aromatic heterocycles. The summed E-state index contributed by atoms with van der Waals surface area (Å²) in [6.45, 7) is 4.48. The summed E-state index contributed by atoms with van der Waals surface area (Å²) in [5.41, 5.74) is 3.15. The number of benzene rings is 1. The second kappa shape index (κ2) is 6.47. The van der Waals surface area contributed by atoms with E-state index in [2.05, 4.69) is 10.1 Å². The normalized spacial score (nSPS) is 11.1. The minimum absolute atomic E-state index is 0.148. The first-order chi connectivity index (χ1) is 11.1. The number of carbonyl (C=O) groups is 1. The van der Waals surface area contributed by atoms with Gasteiger partial charge in [-0.25, -0.2) is 14.3 Å². The number of methoxy groups -OCH3 is 1. The first kappa shape index (κ1) is 15.6. The van der Waals surface area contributed by atoms with Crippen LogP contribution in [-0.2, 0) is 22.7 Å². The van der Waals surface area contributed by atoms with Crippen LogP contribution in [0.5, 0.6) is 0 Å². The highest BCUT2D eigenvalue weighted by molar-refractivity contribution is 7.16. The molecule has 3 aromatic rings. The Morgan fingerprint density at radius 1 is 1.22 bits per heavy atom. The van der Waals surface area contributed by atoms with Crippen molar-refractivity contribution in [3.8, 4) is 0 Å². The molecule has 0 aliphatic rings. The molecule has 0 N–H and O–H groups in total. The highest BCUT2D eigenvalue weighted by Crippen LogP contribution is 2.19. The molecule has 23 heavy (non-hydrogen) atoms. The number of hydrogen-bond acceptors (Lipinski definition) is 6. The number of hydrogen-bond donors (Lipinski definition) is 0. The second-order valence-corrected chi connectivity index (χ2v) is 6.33. The second-order valence-electron chi connectivity index (χ2n) is 5.17. The molecule has 0 aliphatic heterocycles. The molecular formula is C16H17N3O3S. The minimum Gasteiger partial charge on any atom is -0.456 e. The maximum atomic E-state index is 12.2. The van der Waals surface area contributed by atoms with Crippen LogP contribution in [0.25, 0.3) is 4.96 Å². The van der Waals surface area contributed by atoms with E-state index in [-0.39, 0.29) is 12.6 Å². The van der Waals surface area contributed by atoms with Gasteiger partial charge >= 0.3 is 5.97 Å². The predicted molar refractivity (Wildman–Crippen MR) is 86.6 cm³/mol. The lowest BCUT2D eigenvalue weighted by Crippen LogP contribution is -2.08. The first-order valence-electron chi connectivity index (χ1n) is 7.15. The van der Waals surface area contributed by atoms with Crippen molar-refractivity contribution in [1.82, 2.24) is 14.6 Å². The van der Waals surface area contributed by atoms with Crippen molar-refractivity contribution < 1.29 is 14.3 Å². The smallest absolute Gasteiger partial charge is 0.338 e. The first-order valence-corrected chi connectivity index (χ1v) is 7.97. The van der Waals surface area contributed by atoms with Gasteiger partial charge in [0.15, 0.2) is 0 Å². The Labute approximate surface area is 137 Å². The van der Waals surface area contributed by atoms with Gasteiger partial charge in [0.2, 0.25) is 4.96 Å². The number of ether oxygens (including phenoxy) is 2. The van der Waals surface area contributed by atoms with E-state index >= 15 is 0 Å². The number of aryl methyl sites for hydroxylation is 2. The molecule has 0 fully saturated rings. The Hall–Kier alpha value is -2.25. The molecule has 0 amide bonds.